The van der Waals surface area contributed by atoms with E-state index < -0.39 is 0 Å². The van der Waals surface area contributed by atoms with Crippen LogP contribution in [0.25, 0.3) is 0 Å². The van der Waals surface area contributed by atoms with E-state index in [-0.39, 0.29) is 6.04 Å². The van der Waals surface area contributed by atoms with Crippen LogP contribution in [0.1, 0.15) is 24.1 Å². The van der Waals surface area contributed by atoms with Crippen LogP contribution in [-0.4, -0.2) is 7.11 Å². The van der Waals surface area contributed by atoms with Gasteiger partial charge in [-0.25, -0.2) is 0 Å². The van der Waals surface area contributed by atoms with Crippen LogP contribution in [-0.2, 0) is 11.3 Å². The first-order valence-electron chi connectivity index (χ1n) is 6.40. The summed E-state index contributed by atoms with van der Waals surface area (Å²) in [4.78, 5) is 0. The van der Waals surface area contributed by atoms with Gasteiger partial charge in [-0.2, -0.15) is 0 Å². The van der Waals surface area contributed by atoms with Gasteiger partial charge in [0, 0.05) is 32.4 Å². The standard InChI is InChI=1S/C16H17BrINO/c1-11(12-6-8-13(18)9-7-12)19-16-5-3-4-15(17)14(16)10-20-2/h3-9,11,19H,10H2,1-2H3. The lowest BCUT2D eigenvalue weighted by atomic mass is 10.1. The molecule has 0 heterocycles. The number of ether oxygens (including phenoxy) is 1. The predicted molar refractivity (Wildman–Crippen MR) is 96.1 cm³/mol. The molecule has 0 aromatic heterocycles. The summed E-state index contributed by atoms with van der Waals surface area (Å²) in [5.41, 5.74) is 3.52. The van der Waals surface area contributed by atoms with Crippen molar-refractivity contribution in [2.75, 3.05) is 12.4 Å². The molecule has 2 aromatic carbocycles. The van der Waals surface area contributed by atoms with Gasteiger partial charge in [0.05, 0.1) is 6.61 Å². The normalized spacial score (nSPS) is 12.2. The first kappa shape index (κ1) is 15.8. The molecule has 0 saturated heterocycles. The molecule has 2 aromatic rings. The number of hydrogen-bond donors (Lipinski definition) is 1. The van der Waals surface area contributed by atoms with Crippen LogP contribution in [0.2, 0.25) is 0 Å². The molecule has 1 atom stereocenters. The van der Waals surface area contributed by atoms with Crippen molar-refractivity contribution in [2.24, 2.45) is 0 Å². The van der Waals surface area contributed by atoms with Gasteiger partial charge in [-0.15, -0.1) is 0 Å². The van der Waals surface area contributed by atoms with E-state index in [9.17, 15) is 0 Å². The highest BCUT2D eigenvalue weighted by Crippen LogP contribution is 2.28. The van der Waals surface area contributed by atoms with Gasteiger partial charge in [-0.3, -0.25) is 0 Å². The molecule has 4 heteroatoms. The Hall–Kier alpha value is -0.590. The number of nitrogens with one attached hydrogen (secondary N) is 1. The van der Waals surface area contributed by atoms with Gasteiger partial charge in [0.2, 0.25) is 0 Å². The van der Waals surface area contributed by atoms with Crippen molar-refractivity contribution in [1.82, 2.24) is 0 Å². The van der Waals surface area contributed by atoms with Crippen molar-refractivity contribution >= 4 is 44.2 Å². The van der Waals surface area contributed by atoms with Gasteiger partial charge >= 0.3 is 0 Å². The summed E-state index contributed by atoms with van der Waals surface area (Å²) in [5.74, 6) is 0. The number of halogens is 2. The Labute approximate surface area is 142 Å². The van der Waals surface area contributed by atoms with E-state index in [0.717, 1.165) is 15.7 Å². The molecule has 0 radical (unpaired) electrons. The molecule has 0 bridgehead atoms. The lowest BCUT2D eigenvalue weighted by molar-refractivity contribution is 0.185. The molecule has 0 fully saturated rings. The Kier molecular flexibility index (Phi) is 5.86. The molecule has 1 unspecified atom stereocenters. The van der Waals surface area contributed by atoms with E-state index >= 15 is 0 Å². The molecule has 0 spiro atoms. The van der Waals surface area contributed by atoms with Crippen molar-refractivity contribution in [2.45, 2.75) is 19.6 Å². The number of methoxy groups -OCH3 is 1. The maximum Gasteiger partial charge on any atom is 0.0744 e. The van der Waals surface area contributed by atoms with Crippen LogP contribution in [0.5, 0.6) is 0 Å². The summed E-state index contributed by atoms with van der Waals surface area (Å²) >= 11 is 5.90. The van der Waals surface area contributed by atoms with Gasteiger partial charge in [0.25, 0.3) is 0 Å². The second kappa shape index (κ2) is 7.43. The Morgan fingerprint density at radius 2 is 1.90 bits per heavy atom. The maximum atomic E-state index is 5.28. The summed E-state index contributed by atoms with van der Waals surface area (Å²) in [6, 6.07) is 15.0. The zero-order valence-corrected chi connectivity index (χ0v) is 15.2. The van der Waals surface area contributed by atoms with Crippen LogP contribution in [0.15, 0.2) is 46.9 Å². The minimum Gasteiger partial charge on any atom is -0.380 e. The Morgan fingerprint density at radius 1 is 1.20 bits per heavy atom. The largest absolute Gasteiger partial charge is 0.380 e. The number of anilines is 1. The second-order valence-corrected chi connectivity index (χ2v) is 6.72. The predicted octanol–water partition coefficient (Wildman–Crippen LogP) is 5.37. The molecular weight excluding hydrogens is 429 g/mol. The average Bonchev–Trinajstić information content (AvgIpc) is 2.43. The van der Waals surface area contributed by atoms with Crippen LogP contribution >= 0.6 is 38.5 Å². The minimum absolute atomic E-state index is 0.247. The number of hydrogen-bond acceptors (Lipinski definition) is 2. The van der Waals surface area contributed by atoms with Crippen LogP contribution < -0.4 is 5.32 Å². The number of rotatable bonds is 5. The third-order valence-corrected chi connectivity index (χ3v) is 4.61. The van der Waals surface area contributed by atoms with Gasteiger partial charge < -0.3 is 10.1 Å². The fourth-order valence-corrected chi connectivity index (χ4v) is 2.89. The first-order chi connectivity index (χ1) is 9.61. The zero-order valence-electron chi connectivity index (χ0n) is 11.5. The van der Waals surface area contributed by atoms with Crippen LogP contribution in [0.4, 0.5) is 5.69 Å². The van der Waals surface area contributed by atoms with Gasteiger partial charge in [-0.1, -0.05) is 34.1 Å². The molecule has 0 aliphatic rings. The highest BCUT2D eigenvalue weighted by atomic mass is 127. The summed E-state index contributed by atoms with van der Waals surface area (Å²) < 4.78 is 7.60. The SMILES string of the molecule is COCc1c(Br)cccc1NC(C)c1ccc(I)cc1. The molecule has 0 amide bonds. The Morgan fingerprint density at radius 3 is 2.55 bits per heavy atom. The molecule has 2 rings (SSSR count). The van der Waals surface area contributed by atoms with Gasteiger partial charge in [-0.05, 0) is 59.3 Å². The quantitative estimate of drug-likeness (QED) is 0.624. The monoisotopic (exact) mass is 445 g/mol. The molecule has 2 nitrogen and oxygen atoms in total. The zero-order chi connectivity index (χ0) is 14.5. The summed E-state index contributed by atoms with van der Waals surface area (Å²) in [7, 11) is 1.71. The third-order valence-electron chi connectivity index (χ3n) is 3.15. The van der Waals surface area contributed by atoms with E-state index in [1.807, 2.05) is 12.1 Å². The first-order valence-corrected chi connectivity index (χ1v) is 8.27. The molecule has 20 heavy (non-hydrogen) atoms. The van der Waals surface area contributed by atoms with Gasteiger partial charge in [0.1, 0.15) is 0 Å². The van der Waals surface area contributed by atoms with Crippen molar-refractivity contribution in [3.63, 3.8) is 0 Å². The fourth-order valence-electron chi connectivity index (χ4n) is 2.05. The molecule has 106 valence electrons. The lowest BCUT2D eigenvalue weighted by Crippen LogP contribution is -2.09. The second-order valence-electron chi connectivity index (χ2n) is 4.62. The highest BCUT2D eigenvalue weighted by molar-refractivity contribution is 14.1. The number of benzene rings is 2. The molecule has 0 saturated carbocycles. The summed E-state index contributed by atoms with van der Waals surface area (Å²) in [6.45, 7) is 2.75. The highest BCUT2D eigenvalue weighted by Gasteiger charge is 2.10. The van der Waals surface area contributed by atoms with E-state index in [1.54, 1.807) is 7.11 Å². The fraction of sp³-hybridized carbons (Fsp3) is 0.250. The third kappa shape index (κ3) is 3.96. The minimum atomic E-state index is 0.247. The molecule has 0 aliphatic carbocycles. The smallest absolute Gasteiger partial charge is 0.0744 e. The van der Waals surface area contributed by atoms with E-state index in [2.05, 4.69) is 81.1 Å². The van der Waals surface area contributed by atoms with Gasteiger partial charge in [0.15, 0.2) is 0 Å². The van der Waals surface area contributed by atoms with E-state index in [4.69, 9.17) is 4.74 Å². The average molecular weight is 446 g/mol. The Balaban J connectivity index is 2.21. The van der Waals surface area contributed by atoms with Crippen molar-refractivity contribution in [1.29, 1.82) is 0 Å². The lowest BCUT2D eigenvalue weighted by Gasteiger charge is -2.19. The molecular formula is C16H17BrINO. The Bertz CT molecular complexity index is 571. The van der Waals surface area contributed by atoms with Crippen LogP contribution in [0, 0.1) is 3.57 Å². The summed E-state index contributed by atoms with van der Waals surface area (Å²) in [6.07, 6.45) is 0. The topological polar surface area (TPSA) is 21.3 Å². The van der Waals surface area contributed by atoms with Crippen molar-refractivity contribution in [3.05, 3.63) is 61.6 Å². The molecule has 1 N–H and O–H groups in total. The maximum absolute atomic E-state index is 5.28. The summed E-state index contributed by atoms with van der Waals surface area (Å²) in [5, 5.41) is 3.56. The van der Waals surface area contributed by atoms with Crippen molar-refractivity contribution < 1.29 is 4.74 Å². The van der Waals surface area contributed by atoms with Crippen LogP contribution in [0.3, 0.4) is 0 Å². The van der Waals surface area contributed by atoms with E-state index in [1.165, 1.54) is 9.13 Å². The molecule has 0 aliphatic heterocycles. The van der Waals surface area contributed by atoms with Crippen molar-refractivity contribution in [3.8, 4) is 0 Å². The van der Waals surface area contributed by atoms with E-state index in [0.29, 0.717) is 6.61 Å².